The summed E-state index contributed by atoms with van der Waals surface area (Å²) < 4.78 is 0. The number of aryl methyl sites for hydroxylation is 1. The molecule has 0 saturated carbocycles. The van der Waals surface area contributed by atoms with Gasteiger partial charge in [0.25, 0.3) is 0 Å². The number of hydrogen-bond acceptors (Lipinski definition) is 2. The highest BCUT2D eigenvalue weighted by Crippen LogP contribution is 2.14. The first-order chi connectivity index (χ1) is 6.75. The first kappa shape index (κ1) is 10.5. The van der Waals surface area contributed by atoms with E-state index in [0.717, 1.165) is 10.9 Å². The Morgan fingerprint density at radius 1 is 1.07 bits per heavy atom. The number of hydrogen-bond donors (Lipinski definition) is 1. The predicted octanol–water partition coefficient (Wildman–Crippen LogP) is 3.15. The van der Waals surface area contributed by atoms with E-state index in [1.165, 1.54) is 5.56 Å². The molecule has 0 aliphatic carbocycles. The van der Waals surface area contributed by atoms with Gasteiger partial charge in [0.2, 0.25) is 0 Å². The molecular formula is C12H16N2. The lowest BCUT2D eigenvalue weighted by atomic mass is 10.1. The van der Waals surface area contributed by atoms with E-state index in [4.69, 9.17) is 5.73 Å². The fourth-order valence-electron chi connectivity index (χ4n) is 1.26. The number of nitrogen functional groups attached to an aromatic ring is 1. The standard InChI is InChI=1S/C10H10N2.C2H6/c1-7-2-4-9-8(6-7)3-5-10(11)12-9;1-2/h2-6H,1H3,(H2,11,12);1-2H3. The van der Waals surface area contributed by atoms with E-state index in [1.807, 2.05) is 38.1 Å². The largest absolute Gasteiger partial charge is 0.384 e. The predicted molar refractivity (Wildman–Crippen MR) is 62.2 cm³/mol. The van der Waals surface area contributed by atoms with Gasteiger partial charge in [0, 0.05) is 5.39 Å². The first-order valence-electron chi connectivity index (χ1n) is 4.88. The molecule has 0 bridgehead atoms. The van der Waals surface area contributed by atoms with Crippen molar-refractivity contribution in [3.05, 3.63) is 35.9 Å². The highest BCUT2D eigenvalue weighted by Gasteiger charge is 1.94. The molecule has 2 aromatic rings. The van der Waals surface area contributed by atoms with E-state index in [9.17, 15) is 0 Å². The number of anilines is 1. The highest BCUT2D eigenvalue weighted by atomic mass is 14.8. The summed E-state index contributed by atoms with van der Waals surface area (Å²) in [5.41, 5.74) is 7.75. The van der Waals surface area contributed by atoms with Crippen molar-refractivity contribution in [3.8, 4) is 0 Å². The number of rotatable bonds is 0. The lowest BCUT2D eigenvalue weighted by Crippen LogP contribution is -1.89. The van der Waals surface area contributed by atoms with Crippen LogP contribution in [0.4, 0.5) is 5.82 Å². The minimum Gasteiger partial charge on any atom is -0.384 e. The van der Waals surface area contributed by atoms with Gasteiger partial charge in [-0.25, -0.2) is 4.98 Å². The molecular weight excluding hydrogens is 172 g/mol. The quantitative estimate of drug-likeness (QED) is 0.689. The van der Waals surface area contributed by atoms with Crippen molar-refractivity contribution in [3.63, 3.8) is 0 Å². The van der Waals surface area contributed by atoms with Gasteiger partial charge in [-0.1, -0.05) is 25.5 Å². The zero-order chi connectivity index (χ0) is 10.6. The van der Waals surface area contributed by atoms with Crippen LogP contribution in [0, 0.1) is 6.92 Å². The molecule has 0 aliphatic heterocycles. The molecule has 0 aliphatic rings. The van der Waals surface area contributed by atoms with E-state index >= 15 is 0 Å². The zero-order valence-electron chi connectivity index (χ0n) is 8.91. The molecule has 1 aromatic carbocycles. The third-order valence-electron chi connectivity index (χ3n) is 1.87. The van der Waals surface area contributed by atoms with Crippen LogP contribution in [0.5, 0.6) is 0 Å². The fourth-order valence-corrected chi connectivity index (χ4v) is 1.26. The van der Waals surface area contributed by atoms with Crippen LogP contribution < -0.4 is 5.73 Å². The Balaban J connectivity index is 0.000000461. The summed E-state index contributed by atoms with van der Waals surface area (Å²) in [6.45, 7) is 6.07. The smallest absolute Gasteiger partial charge is 0.124 e. The Morgan fingerprint density at radius 2 is 1.79 bits per heavy atom. The summed E-state index contributed by atoms with van der Waals surface area (Å²) in [4.78, 5) is 4.19. The number of nitrogens with two attached hydrogens (primary N) is 1. The Bertz CT molecular complexity index is 380. The van der Waals surface area contributed by atoms with Crippen LogP contribution >= 0.6 is 0 Å². The molecule has 1 heterocycles. The molecule has 0 spiro atoms. The monoisotopic (exact) mass is 188 g/mol. The molecule has 0 radical (unpaired) electrons. The molecule has 2 nitrogen and oxygen atoms in total. The summed E-state index contributed by atoms with van der Waals surface area (Å²) in [6.07, 6.45) is 0. The molecule has 2 heteroatoms. The molecule has 1 aromatic heterocycles. The van der Waals surface area contributed by atoms with E-state index in [1.54, 1.807) is 0 Å². The van der Waals surface area contributed by atoms with E-state index in [2.05, 4.69) is 18.0 Å². The van der Waals surface area contributed by atoms with Gasteiger partial charge in [-0.15, -0.1) is 0 Å². The van der Waals surface area contributed by atoms with Gasteiger partial charge in [-0.3, -0.25) is 0 Å². The van der Waals surface area contributed by atoms with Crippen LogP contribution in [0.1, 0.15) is 19.4 Å². The third-order valence-corrected chi connectivity index (χ3v) is 1.87. The van der Waals surface area contributed by atoms with Crippen molar-refractivity contribution in [2.45, 2.75) is 20.8 Å². The maximum atomic E-state index is 5.55. The SMILES string of the molecule is CC.Cc1ccc2nc(N)ccc2c1. The van der Waals surface area contributed by atoms with Gasteiger partial charge < -0.3 is 5.73 Å². The van der Waals surface area contributed by atoms with Crippen molar-refractivity contribution in [2.75, 3.05) is 5.73 Å². The molecule has 2 rings (SSSR count). The molecule has 0 atom stereocenters. The summed E-state index contributed by atoms with van der Waals surface area (Å²) in [5, 5.41) is 1.14. The van der Waals surface area contributed by atoms with Crippen LogP contribution in [-0.4, -0.2) is 4.98 Å². The van der Waals surface area contributed by atoms with E-state index in [-0.39, 0.29) is 0 Å². The molecule has 14 heavy (non-hydrogen) atoms. The van der Waals surface area contributed by atoms with Crippen LogP contribution in [-0.2, 0) is 0 Å². The van der Waals surface area contributed by atoms with Gasteiger partial charge >= 0.3 is 0 Å². The van der Waals surface area contributed by atoms with Gasteiger partial charge in [-0.2, -0.15) is 0 Å². The maximum absolute atomic E-state index is 5.55. The lowest BCUT2D eigenvalue weighted by molar-refractivity contribution is 1.40. The molecule has 74 valence electrons. The molecule has 0 unspecified atom stereocenters. The minimum absolute atomic E-state index is 0.575. The lowest BCUT2D eigenvalue weighted by Gasteiger charge is -1.98. The second kappa shape index (κ2) is 4.61. The number of benzene rings is 1. The van der Waals surface area contributed by atoms with Crippen molar-refractivity contribution in [1.82, 2.24) is 4.98 Å². The number of pyridine rings is 1. The van der Waals surface area contributed by atoms with Crippen LogP contribution in [0.3, 0.4) is 0 Å². The summed E-state index contributed by atoms with van der Waals surface area (Å²) in [5.74, 6) is 0.575. The minimum atomic E-state index is 0.575. The van der Waals surface area contributed by atoms with Crippen molar-refractivity contribution in [1.29, 1.82) is 0 Å². The summed E-state index contributed by atoms with van der Waals surface area (Å²) >= 11 is 0. The Morgan fingerprint density at radius 3 is 2.50 bits per heavy atom. The Labute approximate surface area is 84.8 Å². The number of nitrogens with zero attached hydrogens (tertiary/aromatic N) is 1. The number of aromatic nitrogens is 1. The summed E-state index contributed by atoms with van der Waals surface area (Å²) in [7, 11) is 0. The zero-order valence-corrected chi connectivity index (χ0v) is 8.91. The van der Waals surface area contributed by atoms with Gasteiger partial charge in [-0.05, 0) is 31.2 Å². The molecule has 0 saturated heterocycles. The normalized spacial score (nSPS) is 9.36. The van der Waals surface area contributed by atoms with Gasteiger partial charge in [0.15, 0.2) is 0 Å². The summed E-state index contributed by atoms with van der Waals surface area (Å²) in [6, 6.07) is 9.93. The van der Waals surface area contributed by atoms with Crippen LogP contribution in [0.25, 0.3) is 10.9 Å². The van der Waals surface area contributed by atoms with Gasteiger partial charge in [0.05, 0.1) is 5.52 Å². The van der Waals surface area contributed by atoms with Crippen molar-refractivity contribution >= 4 is 16.7 Å². The van der Waals surface area contributed by atoms with E-state index < -0.39 is 0 Å². The van der Waals surface area contributed by atoms with Crippen molar-refractivity contribution < 1.29 is 0 Å². The average molecular weight is 188 g/mol. The maximum Gasteiger partial charge on any atom is 0.124 e. The first-order valence-corrected chi connectivity index (χ1v) is 4.88. The molecule has 0 fully saturated rings. The fraction of sp³-hybridized carbons (Fsp3) is 0.250. The van der Waals surface area contributed by atoms with Gasteiger partial charge in [0.1, 0.15) is 5.82 Å². The van der Waals surface area contributed by atoms with E-state index in [0.29, 0.717) is 5.82 Å². The van der Waals surface area contributed by atoms with Crippen LogP contribution in [0.2, 0.25) is 0 Å². The second-order valence-corrected chi connectivity index (χ2v) is 2.93. The Kier molecular flexibility index (Phi) is 3.46. The van der Waals surface area contributed by atoms with Crippen molar-refractivity contribution in [2.24, 2.45) is 0 Å². The highest BCUT2D eigenvalue weighted by molar-refractivity contribution is 5.80. The third kappa shape index (κ3) is 2.22. The molecule has 0 amide bonds. The molecule has 2 N–H and O–H groups in total. The Hall–Kier alpha value is -1.57. The number of fused-ring (bicyclic) bond motifs is 1. The topological polar surface area (TPSA) is 38.9 Å². The van der Waals surface area contributed by atoms with Crippen LogP contribution in [0.15, 0.2) is 30.3 Å². The average Bonchev–Trinajstić information content (AvgIpc) is 2.21. The second-order valence-electron chi connectivity index (χ2n) is 2.93.